The molecular formula is C20H16O9. The molecule has 0 saturated carbocycles. The van der Waals surface area contributed by atoms with Crippen LogP contribution in [0.3, 0.4) is 0 Å². The molecule has 9 nitrogen and oxygen atoms in total. The maximum absolute atomic E-state index is 12.6. The van der Waals surface area contributed by atoms with E-state index < -0.39 is 46.7 Å². The second-order valence-electron chi connectivity index (χ2n) is 6.23. The zero-order valence-electron chi connectivity index (χ0n) is 15.8. The molecule has 0 fully saturated rings. The predicted molar refractivity (Wildman–Crippen MR) is 94.9 cm³/mol. The highest BCUT2D eigenvalue weighted by Crippen LogP contribution is 2.38. The SMILES string of the molecule is CCOC(=O)/C(C(C)=O)=C1\OC(=O)c2cc3c(cc21)C(=O)C(C(=O)OCC)C3=O. The van der Waals surface area contributed by atoms with Crippen molar-refractivity contribution in [3.63, 3.8) is 0 Å². The number of benzene rings is 1. The fourth-order valence-corrected chi connectivity index (χ4v) is 3.22. The Labute approximate surface area is 164 Å². The Hall–Kier alpha value is -3.62. The van der Waals surface area contributed by atoms with Crippen LogP contribution < -0.4 is 0 Å². The Morgan fingerprint density at radius 1 is 0.897 bits per heavy atom. The van der Waals surface area contributed by atoms with Gasteiger partial charge in [0.1, 0.15) is 5.57 Å². The van der Waals surface area contributed by atoms with Gasteiger partial charge in [0.2, 0.25) is 0 Å². The van der Waals surface area contributed by atoms with Crippen LogP contribution in [0.4, 0.5) is 0 Å². The summed E-state index contributed by atoms with van der Waals surface area (Å²) in [6.07, 6.45) is 0. The Bertz CT molecular complexity index is 1030. The van der Waals surface area contributed by atoms with E-state index in [2.05, 4.69) is 0 Å². The molecule has 29 heavy (non-hydrogen) atoms. The van der Waals surface area contributed by atoms with Crippen molar-refractivity contribution in [1.82, 2.24) is 0 Å². The fourth-order valence-electron chi connectivity index (χ4n) is 3.22. The second-order valence-corrected chi connectivity index (χ2v) is 6.23. The molecule has 0 amide bonds. The van der Waals surface area contributed by atoms with Crippen LogP contribution in [0.1, 0.15) is 57.4 Å². The van der Waals surface area contributed by atoms with Gasteiger partial charge in [-0.05, 0) is 32.9 Å². The number of esters is 3. The van der Waals surface area contributed by atoms with Crippen molar-refractivity contribution < 1.29 is 43.0 Å². The van der Waals surface area contributed by atoms with Crippen molar-refractivity contribution in [2.75, 3.05) is 13.2 Å². The number of carbonyl (C=O) groups is 6. The first kappa shape index (κ1) is 20.1. The zero-order chi connectivity index (χ0) is 21.5. The first-order valence-corrected chi connectivity index (χ1v) is 8.80. The molecule has 1 unspecified atom stereocenters. The summed E-state index contributed by atoms with van der Waals surface area (Å²) in [6, 6.07) is 2.30. The second kappa shape index (κ2) is 7.42. The molecule has 3 rings (SSSR count). The predicted octanol–water partition coefficient (Wildman–Crippen LogP) is 1.28. The normalized spacial score (nSPS) is 18.7. The van der Waals surface area contributed by atoms with Crippen molar-refractivity contribution in [1.29, 1.82) is 0 Å². The number of carbonyl (C=O) groups excluding carboxylic acids is 6. The molecule has 1 heterocycles. The number of Topliss-reactive ketones (excluding diaryl/α,β-unsaturated/α-hetero) is 3. The number of rotatable bonds is 5. The summed E-state index contributed by atoms with van der Waals surface area (Å²) in [5, 5.41) is 0. The van der Waals surface area contributed by atoms with Gasteiger partial charge in [0.05, 0.1) is 18.8 Å². The molecule has 1 aromatic rings. The molecule has 0 bridgehead atoms. The van der Waals surface area contributed by atoms with Crippen LogP contribution in [0, 0.1) is 5.92 Å². The van der Waals surface area contributed by atoms with E-state index in [4.69, 9.17) is 14.2 Å². The molecule has 1 aromatic carbocycles. The molecule has 150 valence electrons. The highest BCUT2D eigenvalue weighted by Gasteiger charge is 2.47. The zero-order valence-corrected chi connectivity index (χ0v) is 15.8. The Morgan fingerprint density at radius 2 is 1.45 bits per heavy atom. The van der Waals surface area contributed by atoms with Gasteiger partial charge in [-0.2, -0.15) is 0 Å². The van der Waals surface area contributed by atoms with Crippen LogP contribution in [0.25, 0.3) is 5.76 Å². The first-order valence-electron chi connectivity index (χ1n) is 8.80. The monoisotopic (exact) mass is 400 g/mol. The van der Waals surface area contributed by atoms with Gasteiger partial charge in [0.15, 0.2) is 29.0 Å². The van der Waals surface area contributed by atoms with Crippen molar-refractivity contribution in [3.8, 4) is 0 Å². The van der Waals surface area contributed by atoms with Gasteiger partial charge in [-0.1, -0.05) is 0 Å². The third-order valence-electron chi connectivity index (χ3n) is 4.45. The third-order valence-corrected chi connectivity index (χ3v) is 4.45. The van der Waals surface area contributed by atoms with E-state index in [1.54, 1.807) is 6.92 Å². The average molecular weight is 400 g/mol. The maximum atomic E-state index is 12.6. The van der Waals surface area contributed by atoms with Crippen LogP contribution in [-0.4, -0.2) is 48.5 Å². The smallest absolute Gasteiger partial charge is 0.345 e. The minimum atomic E-state index is -1.65. The molecule has 0 N–H and O–H groups in total. The highest BCUT2D eigenvalue weighted by atomic mass is 16.6. The van der Waals surface area contributed by atoms with Gasteiger partial charge >= 0.3 is 17.9 Å². The molecule has 9 heteroatoms. The van der Waals surface area contributed by atoms with E-state index in [0.717, 1.165) is 13.0 Å². The third kappa shape index (κ3) is 3.14. The van der Waals surface area contributed by atoms with Gasteiger partial charge in [0.25, 0.3) is 0 Å². The number of hydrogen-bond acceptors (Lipinski definition) is 9. The van der Waals surface area contributed by atoms with Crippen molar-refractivity contribution in [3.05, 3.63) is 40.0 Å². The Kier molecular flexibility index (Phi) is 5.15. The first-order chi connectivity index (χ1) is 13.7. The molecule has 0 spiro atoms. The van der Waals surface area contributed by atoms with E-state index in [1.807, 2.05) is 0 Å². The number of cyclic esters (lactones) is 1. The maximum Gasteiger partial charge on any atom is 0.345 e. The summed E-state index contributed by atoms with van der Waals surface area (Å²) >= 11 is 0. The van der Waals surface area contributed by atoms with Crippen LogP contribution in [0.15, 0.2) is 17.7 Å². The number of ether oxygens (including phenoxy) is 3. The lowest BCUT2D eigenvalue weighted by Gasteiger charge is -2.08. The molecule has 0 saturated heterocycles. The topological polar surface area (TPSA) is 130 Å². The quantitative estimate of drug-likeness (QED) is 0.236. The van der Waals surface area contributed by atoms with Crippen molar-refractivity contribution in [2.24, 2.45) is 5.92 Å². The van der Waals surface area contributed by atoms with Crippen molar-refractivity contribution in [2.45, 2.75) is 20.8 Å². The summed E-state index contributed by atoms with van der Waals surface area (Å²) in [5.41, 5.74) is -0.831. The molecule has 0 radical (unpaired) electrons. The van der Waals surface area contributed by atoms with Crippen LogP contribution >= 0.6 is 0 Å². The standard InChI is InChI=1S/C20H16O9/c1-4-27-19(25)13(8(3)21)17-11-6-9-10(7-12(11)18(24)29-17)16(23)14(15(9)22)20(26)28-5-2/h6-7,14H,4-5H2,1-3H3/b17-13-. The summed E-state index contributed by atoms with van der Waals surface area (Å²) in [4.78, 5) is 73.6. The van der Waals surface area contributed by atoms with E-state index in [0.29, 0.717) is 0 Å². The van der Waals surface area contributed by atoms with E-state index >= 15 is 0 Å². The van der Waals surface area contributed by atoms with Gasteiger partial charge in [-0.15, -0.1) is 0 Å². The molecule has 1 atom stereocenters. The summed E-state index contributed by atoms with van der Waals surface area (Å²) in [5.74, 6) is -7.13. The van der Waals surface area contributed by atoms with Crippen molar-refractivity contribution >= 4 is 41.0 Å². The molecular weight excluding hydrogens is 384 g/mol. The molecule has 0 aromatic heterocycles. The summed E-state index contributed by atoms with van der Waals surface area (Å²) in [6.45, 7) is 4.16. The average Bonchev–Trinajstić information content (AvgIpc) is 3.09. The molecule has 1 aliphatic heterocycles. The van der Waals surface area contributed by atoms with Gasteiger partial charge in [-0.3, -0.25) is 19.2 Å². The lowest BCUT2D eigenvalue weighted by atomic mass is 9.97. The van der Waals surface area contributed by atoms with Gasteiger partial charge in [-0.25, -0.2) is 9.59 Å². The lowest BCUT2D eigenvalue weighted by Crippen LogP contribution is -2.27. The summed E-state index contributed by atoms with van der Waals surface area (Å²) < 4.78 is 14.7. The van der Waals surface area contributed by atoms with Crippen LogP contribution in [0.5, 0.6) is 0 Å². The number of ketones is 3. The minimum absolute atomic E-state index is 0.00216. The van der Waals surface area contributed by atoms with Gasteiger partial charge < -0.3 is 14.2 Å². The van der Waals surface area contributed by atoms with Crippen LogP contribution in [0.2, 0.25) is 0 Å². The van der Waals surface area contributed by atoms with Crippen LogP contribution in [-0.2, 0) is 28.6 Å². The molecule has 2 aliphatic rings. The van der Waals surface area contributed by atoms with E-state index in [9.17, 15) is 28.8 Å². The number of hydrogen-bond donors (Lipinski definition) is 0. The van der Waals surface area contributed by atoms with E-state index in [-0.39, 0.29) is 41.2 Å². The molecule has 1 aliphatic carbocycles. The minimum Gasteiger partial charge on any atom is -0.465 e. The summed E-state index contributed by atoms with van der Waals surface area (Å²) in [7, 11) is 0. The Balaban J connectivity index is 2.17. The Morgan fingerprint density at radius 3 is 1.97 bits per heavy atom. The largest absolute Gasteiger partial charge is 0.465 e. The lowest BCUT2D eigenvalue weighted by molar-refractivity contribution is -0.144. The fraction of sp³-hybridized carbons (Fsp3) is 0.300. The highest BCUT2D eigenvalue weighted by molar-refractivity contribution is 6.35. The van der Waals surface area contributed by atoms with E-state index in [1.165, 1.54) is 13.0 Å². The number of fused-ring (bicyclic) bond motifs is 2. The van der Waals surface area contributed by atoms with Gasteiger partial charge in [0, 0.05) is 16.7 Å².